The number of rotatable bonds is 6. The van der Waals surface area contributed by atoms with E-state index in [-0.39, 0.29) is 6.04 Å². The van der Waals surface area contributed by atoms with Gasteiger partial charge in [-0.2, -0.15) is 5.10 Å². The Bertz CT molecular complexity index is 782. The Morgan fingerprint density at radius 1 is 1.35 bits per heavy atom. The molecule has 1 N–H and O–H groups in total. The molecule has 0 aliphatic rings. The predicted molar refractivity (Wildman–Crippen MR) is 88.1 cm³/mol. The Kier molecular flexibility index (Phi) is 4.73. The Labute approximate surface area is 139 Å². The third kappa shape index (κ3) is 3.97. The van der Waals surface area contributed by atoms with Crippen molar-refractivity contribution in [2.45, 2.75) is 26.4 Å². The zero-order valence-corrected chi connectivity index (χ0v) is 13.8. The highest BCUT2D eigenvalue weighted by molar-refractivity contribution is 6.30. The van der Waals surface area contributed by atoms with Crippen LogP contribution in [0.4, 0.5) is 0 Å². The molecule has 6 nitrogen and oxygen atoms in total. The van der Waals surface area contributed by atoms with Crippen LogP contribution in [-0.2, 0) is 6.54 Å². The van der Waals surface area contributed by atoms with Crippen LogP contribution in [0, 0.1) is 6.92 Å². The Morgan fingerprint density at radius 3 is 2.96 bits per heavy atom. The lowest BCUT2D eigenvalue weighted by Crippen LogP contribution is -2.23. The maximum atomic E-state index is 5.98. The van der Waals surface area contributed by atoms with Crippen molar-refractivity contribution in [3.8, 4) is 11.5 Å². The molecule has 3 aromatic rings. The molecule has 0 fully saturated rings. The molecule has 0 saturated heterocycles. The Morgan fingerprint density at radius 2 is 2.22 bits per heavy atom. The summed E-state index contributed by atoms with van der Waals surface area (Å²) in [5.41, 5.74) is 1.97. The van der Waals surface area contributed by atoms with Crippen LogP contribution in [0.1, 0.15) is 24.4 Å². The van der Waals surface area contributed by atoms with Crippen LogP contribution >= 0.6 is 11.6 Å². The molecule has 0 amide bonds. The van der Waals surface area contributed by atoms with Gasteiger partial charge >= 0.3 is 0 Å². The summed E-state index contributed by atoms with van der Waals surface area (Å²) >= 11 is 5.98. The molecule has 0 bridgehead atoms. The van der Waals surface area contributed by atoms with Crippen molar-refractivity contribution in [1.29, 1.82) is 0 Å². The highest BCUT2D eigenvalue weighted by atomic mass is 35.5. The zero-order chi connectivity index (χ0) is 16.2. The van der Waals surface area contributed by atoms with Gasteiger partial charge < -0.3 is 9.73 Å². The fourth-order valence-corrected chi connectivity index (χ4v) is 2.41. The molecule has 120 valence electrons. The summed E-state index contributed by atoms with van der Waals surface area (Å²) in [7, 11) is 0. The van der Waals surface area contributed by atoms with Gasteiger partial charge in [0, 0.05) is 23.3 Å². The minimum atomic E-state index is -0.0351. The van der Waals surface area contributed by atoms with E-state index in [1.54, 1.807) is 6.07 Å². The van der Waals surface area contributed by atoms with E-state index < -0.39 is 0 Å². The van der Waals surface area contributed by atoms with Crippen molar-refractivity contribution in [3.05, 3.63) is 53.1 Å². The van der Waals surface area contributed by atoms with Gasteiger partial charge in [0.05, 0.1) is 18.8 Å². The number of hydrogen-bond donors (Lipinski definition) is 1. The summed E-state index contributed by atoms with van der Waals surface area (Å²) in [6.45, 7) is 5.56. The highest BCUT2D eigenvalue weighted by Gasteiger charge is 2.14. The number of nitrogens with zero attached hydrogens (tertiary/aromatic N) is 4. The fraction of sp³-hybridized carbons (Fsp3) is 0.312. The topological polar surface area (TPSA) is 68.8 Å². The van der Waals surface area contributed by atoms with Gasteiger partial charge in [0.15, 0.2) is 0 Å². The van der Waals surface area contributed by atoms with Crippen LogP contribution < -0.4 is 5.32 Å². The largest absolute Gasteiger partial charge is 0.419 e. The summed E-state index contributed by atoms with van der Waals surface area (Å²) in [6, 6.07) is 7.32. The van der Waals surface area contributed by atoms with Crippen molar-refractivity contribution in [2.24, 2.45) is 0 Å². The lowest BCUT2D eigenvalue weighted by atomic mass is 10.2. The summed E-state index contributed by atoms with van der Waals surface area (Å²) < 4.78 is 7.63. The standard InChI is InChI=1S/C16H18ClN5O/c1-11-9-19-22(10-11)7-6-18-12(2)15-20-21-16(23-15)13-4-3-5-14(17)8-13/h3-5,8-10,12,18H,6-7H2,1-2H3/t12-/m0/s1. The summed E-state index contributed by atoms with van der Waals surface area (Å²) in [4.78, 5) is 0. The number of halogens is 1. The van der Waals surface area contributed by atoms with Crippen LogP contribution in [0.25, 0.3) is 11.5 Å². The lowest BCUT2D eigenvalue weighted by molar-refractivity contribution is 0.411. The normalized spacial score (nSPS) is 12.5. The van der Waals surface area contributed by atoms with Gasteiger partial charge in [0.2, 0.25) is 11.8 Å². The van der Waals surface area contributed by atoms with Gasteiger partial charge in [-0.1, -0.05) is 17.7 Å². The molecule has 2 heterocycles. The predicted octanol–water partition coefficient (Wildman–Crippen LogP) is 3.25. The molecule has 0 aliphatic carbocycles. The molecule has 7 heteroatoms. The third-order valence-corrected chi connectivity index (χ3v) is 3.67. The summed E-state index contributed by atoms with van der Waals surface area (Å²) in [5.74, 6) is 1.02. The van der Waals surface area contributed by atoms with E-state index in [0.29, 0.717) is 16.8 Å². The summed E-state index contributed by atoms with van der Waals surface area (Å²) in [6.07, 6.45) is 3.86. The van der Waals surface area contributed by atoms with Gasteiger partial charge in [-0.3, -0.25) is 4.68 Å². The zero-order valence-electron chi connectivity index (χ0n) is 13.0. The number of nitrogens with one attached hydrogen (secondary N) is 1. The second-order valence-corrected chi connectivity index (χ2v) is 5.85. The van der Waals surface area contributed by atoms with E-state index in [2.05, 4.69) is 20.6 Å². The number of benzene rings is 1. The monoisotopic (exact) mass is 331 g/mol. The quantitative estimate of drug-likeness (QED) is 0.751. The highest BCUT2D eigenvalue weighted by Crippen LogP contribution is 2.23. The maximum Gasteiger partial charge on any atom is 0.247 e. The van der Waals surface area contributed by atoms with Gasteiger partial charge in [0.25, 0.3) is 0 Å². The van der Waals surface area contributed by atoms with E-state index in [9.17, 15) is 0 Å². The van der Waals surface area contributed by atoms with Crippen molar-refractivity contribution in [2.75, 3.05) is 6.54 Å². The van der Waals surface area contributed by atoms with E-state index in [1.165, 1.54) is 0 Å². The van der Waals surface area contributed by atoms with E-state index in [1.807, 2.05) is 49.1 Å². The molecule has 0 unspecified atom stereocenters. The first kappa shape index (κ1) is 15.7. The molecular formula is C16H18ClN5O. The number of hydrogen-bond acceptors (Lipinski definition) is 5. The van der Waals surface area contributed by atoms with Crippen molar-refractivity contribution in [1.82, 2.24) is 25.3 Å². The van der Waals surface area contributed by atoms with Gasteiger partial charge in [-0.05, 0) is 37.6 Å². The Balaban J connectivity index is 1.58. The minimum absolute atomic E-state index is 0.0351. The lowest BCUT2D eigenvalue weighted by Gasteiger charge is -2.09. The number of aryl methyl sites for hydroxylation is 1. The molecular weight excluding hydrogens is 314 g/mol. The van der Waals surface area contributed by atoms with Crippen molar-refractivity contribution >= 4 is 11.6 Å². The first-order valence-electron chi connectivity index (χ1n) is 7.43. The molecule has 0 aliphatic heterocycles. The van der Waals surface area contributed by atoms with Crippen molar-refractivity contribution in [3.63, 3.8) is 0 Å². The molecule has 1 atom stereocenters. The average Bonchev–Trinajstić information content (AvgIpc) is 3.16. The van der Waals surface area contributed by atoms with E-state index in [0.717, 1.165) is 24.2 Å². The van der Waals surface area contributed by atoms with Crippen LogP contribution in [0.5, 0.6) is 0 Å². The van der Waals surface area contributed by atoms with E-state index in [4.69, 9.17) is 16.0 Å². The average molecular weight is 332 g/mol. The molecule has 3 rings (SSSR count). The SMILES string of the molecule is Cc1cnn(CCN[C@@H](C)c2nnc(-c3cccc(Cl)c3)o2)c1. The molecule has 0 spiro atoms. The third-order valence-electron chi connectivity index (χ3n) is 3.44. The first-order chi connectivity index (χ1) is 11.1. The minimum Gasteiger partial charge on any atom is -0.419 e. The smallest absolute Gasteiger partial charge is 0.247 e. The van der Waals surface area contributed by atoms with Gasteiger partial charge in [-0.15, -0.1) is 10.2 Å². The second-order valence-electron chi connectivity index (χ2n) is 5.41. The van der Waals surface area contributed by atoms with Crippen LogP contribution in [0.15, 0.2) is 41.1 Å². The van der Waals surface area contributed by atoms with Crippen LogP contribution in [-0.4, -0.2) is 26.5 Å². The van der Waals surface area contributed by atoms with Gasteiger partial charge in [0.1, 0.15) is 0 Å². The second kappa shape index (κ2) is 6.93. The van der Waals surface area contributed by atoms with Crippen LogP contribution in [0.3, 0.4) is 0 Å². The maximum absolute atomic E-state index is 5.98. The molecule has 0 radical (unpaired) electrons. The number of aromatic nitrogens is 4. The van der Waals surface area contributed by atoms with Gasteiger partial charge in [-0.25, -0.2) is 0 Å². The summed E-state index contributed by atoms with van der Waals surface area (Å²) in [5, 5.41) is 16.4. The van der Waals surface area contributed by atoms with E-state index >= 15 is 0 Å². The Hall–Kier alpha value is -2.18. The fourth-order valence-electron chi connectivity index (χ4n) is 2.22. The van der Waals surface area contributed by atoms with Crippen LogP contribution in [0.2, 0.25) is 5.02 Å². The first-order valence-corrected chi connectivity index (χ1v) is 7.81. The molecule has 2 aromatic heterocycles. The van der Waals surface area contributed by atoms with Crippen molar-refractivity contribution < 1.29 is 4.42 Å². The molecule has 1 aromatic carbocycles. The molecule has 23 heavy (non-hydrogen) atoms. The molecule has 0 saturated carbocycles.